The summed E-state index contributed by atoms with van der Waals surface area (Å²) in [6.45, 7) is 0. The molecule has 0 saturated heterocycles. The van der Waals surface area contributed by atoms with Gasteiger partial charge in [0.05, 0.1) is 5.52 Å². The smallest absolute Gasteiger partial charge is 0.324 e. The van der Waals surface area contributed by atoms with Crippen molar-refractivity contribution in [3.8, 4) is 11.5 Å². The number of halogens is 1. The van der Waals surface area contributed by atoms with Crippen LogP contribution in [-0.4, -0.2) is 21.2 Å². The molecule has 0 bridgehead atoms. The fourth-order valence-electron chi connectivity index (χ4n) is 2.51. The maximum Gasteiger partial charge on any atom is 0.324 e. The molecule has 0 radical (unpaired) electrons. The number of nitrogens with zero attached hydrogens (tertiary/aromatic N) is 2. The molecule has 4 aromatic rings. The summed E-state index contributed by atoms with van der Waals surface area (Å²) in [6.07, 6.45) is 3.31. The first-order chi connectivity index (χ1) is 13.2. The molecule has 0 unspecified atom stereocenters. The molecule has 0 aliphatic rings. The van der Waals surface area contributed by atoms with Crippen LogP contribution in [0.5, 0.6) is 11.5 Å². The van der Waals surface area contributed by atoms with Crippen LogP contribution in [0, 0.1) is 0 Å². The lowest BCUT2D eigenvalue weighted by atomic mass is 10.2. The highest BCUT2D eigenvalue weighted by atomic mass is 35.5. The summed E-state index contributed by atoms with van der Waals surface area (Å²) < 4.78 is 5.69. The number of carbonyl (C=O) groups excluding carboxylic acids is 1. The third-order valence-corrected chi connectivity index (χ3v) is 3.99. The summed E-state index contributed by atoms with van der Waals surface area (Å²) in [5, 5.41) is 13.8. The van der Waals surface area contributed by atoms with Crippen LogP contribution >= 0.6 is 11.6 Å². The zero-order chi connectivity index (χ0) is 18.6. The van der Waals surface area contributed by atoms with Gasteiger partial charge in [0.15, 0.2) is 5.82 Å². The molecule has 134 valence electrons. The topological polar surface area (TPSA) is 91.9 Å². The van der Waals surface area contributed by atoms with Gasteiger partial charge in [-0.05, 0) is 54.6 Å². The summed E-state index contributed by atoms with van der Waals surface area (Å²) in [5.41, 5.74) is 1.37. The van der Waals surface area contributed by atoms with Crippen molar-refractivity contribution in [2.75, 3.05) is 10.6 Å². The molecule has 0 atom stereocenters. The van der Waals surface area contributed by atoms with Crippen molar-refractivity contribution in [3.05, 3.63) is 72.0 Å². The summed E-state index contributed by atoms with van der Waals surface area (Å²) in [4.78, 5) is 16.2. The van der Waals surface area contributed by atoms with Gasteiger partial charge in [0.1, 0.15) is 11.5 Å². The van der Waals surface area contributed by atoms with Gasteiger partial charge in [0.25, 0.3) is 0 Å². The molecular formula is C19H14ClN5O2. The molecule has 27 heavy (non-hydrogen) atoms. The van der Waals surface area contributed by atoms with Gasteiger partial charge in [-0.25, -0.2) is 4.79 Å². The molecule has 0 fully saturated rings. The van der Waals surface area contributed by atoms with E-state index in [0.29, 0.717) is 28.0 Å². The summed E-state index contributed by atoms with van der Waals surface area (Å²) >= 11 is 5.94. The molecular weight excluding hydrogens is 366 g/mol. The lowest BCUT2D eigenvalue weighted by molar-refractivity contribution is 0.262. The van der Waals surface area contributed by atoms with Crippen molar-refractivity contribution in [2.24, 2.45) is 0 Å². The number of nitrogens with one attached hydrogen (secondary N) is 3. The number of anilines is 2. The van der Waals surface area contributed by atoms with E-state index in [-0.39, 0.29) is 0 Å². The number of hydrogen-bond acceptors (Lipinski definition) is 4. The van der Waals surface area contributed by atoms with Crippen molar-refractivity contribution in [1.82, 2.24) is 15.2 Å². The van der Waals surface area contributed by atoms with Crippen molar-refractivity contribution in [2.45, 2.75) is 0 Å². The van der Waals surface area contributed by atoms with Gasteiger partial charge >= 0.3 is 6.03 Å². The Balaban J connectivity index is 1.40. The highest BCUT2D eigenvalue weighted by molar-refractivity contribution is 6.31. The lowest BCUT2D eigenvalue weighted by Gasteiger charge is -2.08. The minimum atomic E-state index is -0.402. The largest absolute Gasteiger partial charge is 0.457 e. The average molecular weight is 380 g/mol. The second-order valence-corrected chi connectivity index (χ2v) is 6.09. The number of aromatic amines is 1. The standard InChI is InChI=1S/C19H14ClN5O2/c20-12-1-6-16-17(11-12)24-25-18(16)23-19(26)22-13-2-4-14(5-3-13)27-15-7-9-21-10-8-15/h1-11H,(H3,22,23,24,25,26). The number of urea groups is 1. The molecule has 0 saturated carbocycles. The van der Waals surface area contributed by atoms with Crippen molar-refractivity contribution >= 4 is 40.0 Å². The van der Waals surface area contributed by atoms with E-state index in [4.69, 9.17) is 16.3 Å². The average Bonchev–Trinajstić information content (AvgIpc) is 3.06. The van der Waals surface area contributed by atoms with E-state index in [1.54, 1.807) is 67.0 Å². The van der Waals surface area contributed by atoms with Crippen LogP contribution in [0.2, 0.25) is 5.02 Å². The summed E-state index contributed by atoms with van der Waals surface area (Å²) in [7, 11) is 0. The molecule has 7 nitrogen and oxygen atoms in total. The maximum atomic E-state index is 12.2. The number of amides is 2. The van der Waals surface area contributed by atoms with Crippen LogP contribution < -0.4 is 15.4 Å². The van der Waals surface area contributed by atoms with Gasteiger partial charge in [-0.1, -0.05) is 11.6 Å². The van der Waals surface area contributed by atoms with Crippen LogP contribution in [0.15, 0.2) is 67.0 Å². The Morgan fingerprint density at radius 3 is 2.48 bits per heavy atom. The summed E-state index contributed by atoms with van der Waals surface area (Å²) in [5.74, 6) is 1.77. The predicted octanol–water partition coefficient (Wildman–Crippen LogP) is 5.05. The minimum absolute atomic E-state index is 0.402. The second-order valence-electron chi connectivity index (χ2n) is 5.65. The molecule has 2 heterocycles. The monoisotopic (exact) mass is 379 g/mol. The fourth-order valence-corrected chi connectivity index (χ4v) is 2.68. The maximum absolute atomic E-state index is 12.2. The zero-order valence-electron chi connectivity index (χ0n) is 13.9. The van der Waals surface area contributed by atoms with Crippen molar-refractivity contribution in [3.63, 3.8) is 0 Å². The minimum Gasteiger partial charge on any atom is -0.457 e. The fraction of sp³-hybridized carbons (Fsp3) is 0. The highest BCUT2D eigenvalue weighted by Crippen LogP contribution is 2.24. The van der Waals surface area contributed by atoms with Gasteiger partial charge in [0.2, 0.25) is 0 Å². The Hall–Kier alpha value is -3.58. The number of carbonyl (C=O) groups is 1. The Bertz CT molecular complexity index is 1080. The van der Waals surface area contributed by atoms with Crippen LogP contribution in [0.3, 0.4) is 0 Å². The molecule has 0 spiro atoms. The van der Waals surface area contributed by atoms with Crippen LogP contribution in [0.25, 0.3) is 10.9 Å². The number of rotatable bonds is 4. The van der Waals surface area contributed by atoms with E-state index in [1.165, 1.54) is 0 Å². The third kappa shape index (κ3) is 3.99. The van der Waals surface area contributed by atoms with Gasteiger partial charge < -0.3 is 10.1 Å². The quantitative estimate of drug-likeness (QED) is 0.462. The molecule has 3 N–H and O–H groups in total. The molecule has 0 aliphatic carbocycles. The zero-order valence-corrected chi connectivity index (χ0v) is 14.7. The van der Waals surface area contributed by atoms with Crippen LogP contribution in [-0.2, 0) is 0 Å². The first-order valence-corrected chi connectivity index (χ1v) is 8.45. The van der Waals surface area contributed by atoms with Gasteiger partial charge in [-0.2, -0.15) is 5.10 Å². The molecule has 2 aromatic carbocycles. The van der Waals surface area contributed by atoms with Gasteiger partial charge in [-0.3, -0.25) is 15.4 Å². The number of pyridine rings is 1. The molecule has 2 aromatic heterocycles. The first-order valence-electron chi connectivity index (χ1n) is 8.07. The Morgan fingerprint density at radius 2 is 1.70 bits per heavy atom. The first kappa shape index (κ1) is 16.9. The normalized spacial score (nSPS) is 10.6. The third-order valence-electron chi connectivity index (χ3n) is 3.75. The van der Waals surface area contributed by atoms with E-state index in [2.05, 4.69) is 25.8 Å². The number of aromatic nitrogens is 3. The van der Waals surface area contributed by atoms with E-state index >= 15 is 0 Å². The van der Waals surface area contributed by atoms with Gasteiger partial charge in [-0.15, -0.1) is 0 Å². The second kappa shape index (κ2) is 7.35. The number of H-pyrrole nitrogens is 1. The highest BCUT2D eigenvalue weighted by Gasteiger charge is 2.10. The Morgan fingerprint density at radius 1 is 0.963 bits per heavy atom. The van der Waals surface area contributed by atoms with Crippen molar-refractivity contribution in [1.29, 1.82) is 0 Å². The van der Waals surface area contributed by atoms with Gasteiger partial charge in [0, 0.05) is 28.5 Å². The van der Waals surface area contributed by atoms with E-state index in [0.717, 1.165) is 10.9 Å². The molecule has 0 aliphatic heterocycles. The number of ether oxygens (including phenoxy) is 1. The Labute approximate surface area is 159 Å². The number of hydrogen-bond donors (Lipinski definition) is 3. The number of benzene rings is 2. The molecule has 4 rings (SSSR count). The van der Waals surface area contributed by atoms with E-state index in [1.807, 2.05) is 0 Å². The van der Waals surface area contributed by atoms with Crippen LogP contribution in [0.1, 0.15) is 0 Å². The van der Waals surface area contributed by atoms with E-state index in [9.17, 15) is 4.79 Å². The SMILES string of the molecule is O=C(Nc1ccc(Oc2ccncc2)cc1)Nc1n[nH]c2cc(Cl)ccc12. The van der Waals surface area contributed by atoms with Crippen molar-refractivity contribution < 1.29 is 9.53 Å². The number of fused-ring (bicyclic) bond motifs is 1. The van der Waals surface area contributed by atoms with E-state index < -0.39 is 6.03 Å². The molecule has 2 amide bonds. The summed E-state index contributed by atoms with van der Waals surface area (Å²) in [6, 6.07) is 15.4. The molecule has 8 heteroatoms. The van der Waals surface area contributed by atoms with Crippen LogP contribution in [0.4, 0.5) is 16.3 Å². The Kier molecular flexibility index (Phi) is 4.59. The predicted molar refractivity (Wildman–Crippen MR) is 104 cm³/mol. The lowest BCUT2D eigenvalue weighted by Crippen LogP contribution is -2.19.